The van der Waals surface area contributed by atoms with Crippen LogP contribution in [-0.4, -0.2) is 4.98 Å². The van der Waals surface area contributed by atoms with E-state index in [2.05, 4.69) is 157 Å². The van der Waals surface area contributed by atoms with Gasteiger partial charge in [0.15, 0.2) is 5.58 Å². The monoisotopic (exact) mass is 640 g/mol. The summed E-state index contributed by atoms with van der Waals surface area (Å²) in [7, 11) is 0. The molecule has 0 aliphatic carbocycles. The molecule has 0 amide bonds. The van der Waals surface area contributed by atoms with Gasteiger partial charge >= 0.3 is 0 Å². The first-order chi connectivity index (χ1) is 24.8. The molecule has 9 aromatic rings. The average molecular weight is 641 g/mol. The van der Waals surface area contributed by atoms with Gasteiger partial charge in [0, 0.05) is 28.2 Å². The molecule has 236 valence electrons. The van der Waals surface area contributed by atoms with Crippen LogP contribution in [0.2, 0.25) is 0 Å². The molecule has 0 N–H and O–H groups in total. The number of para-hydroxylation sites is 1. The molecule has 0 fully saturated rings. The van der Waals surface area contributed by atoms with E-state index in [4.69, 9.17) is 9.40 Å². The van der Waals surface area contributed by atoms with Crippen molar-refractivity contribution >= 4 is 38.9 Å². The highest BCUT2D eigenvalue weighted by atomic mass is 16.3. The number of rotatable bonds is 7. The molecule has 0 saturated heterocycles. The fourth-order valence-electron chi connectivity index (χ4n) is 6.84. The summed E-state index contributed by atoms with van der Waals surface area (Å²) in [5.74, 6) is 0.626. The molecule has 9 rings (SSSR count). The minimum atomic E-state index is 0.626. The second kappa shape index (κ2) is 12.7. The molecule has 0 aliphatic heterocycles. The Hall–Kier alpha value is -6.71. The predicted octanol–water partition coefficient (Wildman–Crippen LogP) is 13.1. The van der Waals surface area contributed by atoms with Crippen LogP contribution in [0.25, 0.3) is 66.7 Å². The van der Waals surface area contributed by atoms with Gasteiger partial charge in [-0.3, -0.25) is 0 Å². The molecule has 0 saturated carbocycles. The molecule has 0 spiro atoms. The third kappa shape index (κ3) is 5.51. The maximum absolute atomic E-state index is 6.36. The fraction of sp³-hybridized carbons (Fsp3) is 0. The van der Waals surface area contributed by atoms with Crippen LogP contribution in [0.15, 0.2) is 199 Å². The number of aromatic nitrogens is 1. The summed E-state index contributed by atoms with van der Waals surface area (Å²) < 4.78 is 6.36. The highest BCUT2D eigenvalue weighted by Crippen LogP contribution is 2.40. The molecular weight excluding hydrogens is 609 g/mol. The summed E-state index contributed by atoms with van der Waals surface area (Å²) in [6, 6.07) is 68.2. The van der Waals surface area contributed by atoms with Gasteiger partial charge in [-0.2, -0.15) is 0 Å². The maximum Gasteiger partial charge on any atom is 0.227 e. The van der Waals surface area contributed by atoms with Gasteiger partial charge in [-0.1, -0.05) is 140 Å². The second-order valence-corrected chi connectivity index (χ2v) is 12.4. The van der Waals surface area contributed by atoms with E-state index in [-0.39, 0.29) is 0 Å². The number of benzene rings is 8. The SMILES string of the molecule is c1ccc(-c2cccc(N(c3ccc(-c4cccc5ccccc45)cc3)c3ccc(-c4cccc5nc(-c6ccccc6)oc45)cc3)c2)cc1. The van der Waals surface area contributed by atoms with Crippen LogP contribution < -0.4 is 4.90 Å². The number of hydrogen-bond donors (Lipinski definition) is 0. The van der Waals surface area contributed by atoms with E-state index >= 15 is 0 Å². The van der Waals surface area contributed by atoms with Gasteiger partial charge in [0.25, 0.3) is 0 Å². The molecule has 50 heavy (non-hydrogen) atoms. The van der Waals surface area contributed by atoms with Crippen molar-refractivity contribution in [3.8, 4) is 44.8 Å². The molecule has 3 heteroatoms. The van der Waals surface area contributed by atoms with Gasteiger partial charge in [0.05, 0.1) is 0 Å². The van der Waals surface area contributed by atoms with Gasteiger partial charge in [-0.15, -0.1) is 0 Å². The first kappa shape index (κ1) is 29.4. The minimum Gasteiger partial charge on any atom is -0.435 e. The third-order valence-corrected chi connectivity index (χ3v) is 9.31. The van der Waals surface area contributed by atoms with Crippen LogP contribution in [0.4, 0.5) is 17.1 Å². The molecule has 1 aromatic heterocycles. The Morgan fingerprint density at radius 3 is 1.68 bits per heavy atom. The Kier molecular flexibility index (Phi) is 7.49. The Bertz CT molecular complexity index is 2570. The van der Waals surface area contributed by atoms with Crippen LogP contribution in [0.1, 0.15) is 0 Å². The number of anilines is 3. The lowest BCUT2D eigenvalue weighted by Crippen LogP contribution is -2.10. The quantitative estimate of drug-likeness (QED) is 0.174. The molecule has 0 bridgehead atoms. The Balaban J connectivity index is 1.12. The van der Waals surface area contributed by atoms with Crippen LogP contribution in [0.5, 0.6) is 0 Å². The van der Waals surface area contributed by atoms with Crippen LogP contribution >= 0.6 is 0 Å². The zero-order valence-electron chi connectivity index (χ0n) is 27.3. The third-order valence-electron chi connectivity index (χ3n) is 9.31. The zero-order chi connectivity index (χ0) is 33.3. The van der Waals surface area contributed by atoms with E-state index in [0.29, 0.717) is 5.89 Å². The van der Waals surface area contributed by atoms with Crippen molar-refractivity contribution in [2.75, 3.05) is 4.90 Å². The van der Waals surface area contributed by atoms with Gasteiger partial charge < -0.3 is 9.32 Å². The van der Waals surface area contributed by atoms with Gasteiger partial charge in [-0.05, 0) is 93.2 Å². The number of nitrogens with zero attached hydrogens (tertiary/aromatic N) is 2. The molecule has 3 nitrogen and oxygen atoms in total. The Morgan fingerprint density at radius 1 is 0.380 bits per heavy atom. The van der Waals surface area contributed by atoms with Crippen molar-refractivity contribution in [2.45, 2.75) is 0 Å². The van der Waals surface area contributed by atoms with Crippen molar-refractivity contribution in [1.82, 2.24) is 4.98 Å². The summed E-state index contributed by atoms with van der Waals surface area (Å²) >= 11 is 0. The number of hydrogen-bond acceptors (Lipinski definition) is 3. The number of oxazole rings is 1. The van der Waals surface area contributed by atoms with Gasteiger partial charge in [0.2, 0.25) is 5.89 Å². The van der Waals surface area contributed by atoms with Crippen LogP contribution in [0, 0.1) is 0 Å². The highest BCUT2D eigenvalue weighted by molar-refractivity contribution is 5.97. The average Bonchev–Trinajstić information content (AvgIpc) is 3.64. The van der Waals surface area contributed by atoms with E-state index in [1.165, 1.54) is 33.0 Å². The standard InChI is InChI=1S/C47H32N2O/c1-3-12-33(13-4-1)38-18-9-19-41(32-38)49(39-28-24-35(25-29-39)43-21-10-17-34-14-7-8-20-42(34)43)40-30-26-36(27-31-40)44-22-11-23-45-46(44)50-47(48-45)37-15-5-2-6-16-37/h1-32H. The Labute approximate surface area is 291 Å². The maximum atomic E-state index is 6.36. The Morgan fingerprint density at radius 2 is 0.940 bits per heavy atom. The second-order valence-electron chi connectivity index (χ2n) is 12.4. The first-order valence-corrected chi connectivity index (χ1v) is 16.9. The van der Waals surface area contributed by atoms with Crippen molar-refractivity contribution in [2.24, 2.45) is 0 Å². The van der Waals surface area contributed by atoms with E-state index in [9.17, 15) is 0 Å². The summed E-state index contributed by atoms with van der Waals surface area (Å²) in [5, 5.41) is 2.49. The summed E-state index contributed by atoms with van der Waals surface area (Å²) in [5.41, 5.74) is 12.7. The molecular formula is C47H32N2O. The van der Waals surface area contributed by atoms with E-state index in [1.807, 2.05) is 42.5 Å². The zero-order valence-corrected chi connectivity index (χ0v) is 27.3. The minimum absolute atomic E-state index is 0.626. The molecule has 8 aromatic carbocycles. The van der Waals surface area contributed by atoms with Crippen molar-refractivity contribution in [3.05, 3.63) is 194 Å². The first-order valence-electron chi connectivity index (χ1n) is 16.9. The van der Waals surface area contributed by atoms with Gasteiger partial charge in [0.1, 0.15) is 5.52 Å². The van der Waals surface area contributed by atoms with E-state index < -0.39 is 0 Å². The van der Waals surface area contributed by atoms with Crippen LogP contribution in [0.3, 0.4) is 0 Å². The smallest absolute Gasteiger partial charge is 0.227 e. The van der Waals surface area contributed by atoms with Crippen LogP contribution in [-0.2, 0) is 0 Å². The molecule has 0 radical (unpaired) electrons. The lowest BCUT2D eigenvalue weighted by atomic mass is 9.98. The number of fused-ring (bicyclic) bond motifs is 2. The van der Waals surface area contributed by atoms with Crippen molar-refractivity contribution < 1.29 is 4.42 Å². The highest BCUT2D eigenvalue weighted by Gasteiger charge is 2.17. The predicted molar refractivity (Wildman–Crippen MR) is 208 cm³/mol. The van der Waals surface area contributed by atoms with E-state index in [1.54, 1.807) is 0 Å². The molecule has 0 aliphatic rings. The fourth-order valence-corrected chi connectivity index (χ4v) is 6.84. The van der Waals surface area contributed by atoms with Crippen molar-refractivity contribution in [3.63, 3.8) is 0 Å². The topological polar surface area (TPSA) is 29.3 Å². The molecule has 1 heterocycles. The lowest BCUT2D eigenvalue weighted by molar-refractivity contribution is 0.621. The van der Waals surface area contributed by atoms with E-state index in [0.717, 1.165) is 44.9 Å². The summed E-state index contributed by atoms with van der Waals surface area (Å²) in [4.78, 5) is 7.12. The van der Waals surface area contributed by atoms with Gasteiger partial charge in [-0.25, -0.2) is 4.98 Å². The molecule has 0 atom stereocenters. The van der Waals surface area contributed by atoms with Crippen molar-refractivity contribution in [1.29, 1.82) is 0 Å². The summed E-state index contributed by atoms with van der Waals surface area (Å²) in [6.45, 7) is 0. The summed E-state index contributed by atoms with van der Waals surface area (Å²) in [6.07, 6.45) is 0. The normalized spacial score (nSPS) is 11.2. The molecule has 0 unspecified atom stereocenters. The largest absolute Gasteiger partial charge is 0.435 e. The lowest BCUT2D eigenvalue weighted by Gasteiger charge is -2.26.